The van der Waals surface area contributed by atoms with E-state index < -0.39 is 0 Å². The third kappa shape index (κ3) is 5.60. The van der Waals surface area contributed by atoms with Crippen LogP contribution in [0.2, 0.25) is 0 Å². The van der Waals surface area contributed by atoms with E-state index >= 15 is 0 Å². The van der Waals surface area contributed by atoms with Crippen molar-refractivity contribution in [3.8, 4) is 5.75 Å². The first kappa shape index (κ1) is 26.0. The molecule has 198 valence electrons. The molecule has 1 atom stereocenters. The summed E-state index contributed by atoms with van der Waals surface area (Å²) >= 11 is 0. The number of amides is 1. The normalized spacial score (nSPS) is 15.5. The monoisotopic (exact) mass is 510 g/mol. The third-order valence-corrected chi connectivity index (χ3v) is 8.05. The quantitative estimate of drug-likeness (QED) is 0.296. The van der Waals surface area contributed by atoms with Crippen molar-refractivity contribution < 1.29 is 9.90 Å². The van der Waals surface area contributed by atoms with E-state index in [9.17, 15) is 9.90 Å². The molecule has 6 nitrogen and oxygen atoms in total. The van der Waals surface area contributed by atoms with Crippen molar-refractivity contribution >= 4 is 16.9 Å². The molecule has 6 heteroatoms. The van der Waals surface area contributed by atoms with Gasteiger partial charge in [-0.15, -0.1) is 0 Å². The number of carbonyl (C=O) groups excluding carboxylic acids is 1. The number of aromatic nitrogens is 2. The van der Waals surface area contributed by atoms with Gasteiger partial charge in [0.1, 0.15) is 5.75 Å². The molecule has 1 saturated heterocycles. The summed E-state index contributed by atoms with van der Waals surface area (Å²) in [6, 6.07) is 24.5. The third-order valence-electron chi connectivity index (χ3n) is 8.05. The predicted octanol–water partition coefficient (Wildman–Crippen LogP) is 6.08. The highest BCUT2D eigenvalue weighted by molar-refractivity contribution is 5.94. The maximum atomic E-state index is 12.8. The van der Waals surface area contributed by atoms with Crippen LogP contribution in [-0.2, 0) is 0 Å². The Balaban J connectivity index is 1.27. The second kappa shape index (κ2) is 11.8. The van der Waals surface area contributed by atoms with Crippen molar-refractivity contribution in [3.05, 3.63) is 95.8 Å². The van der Waals surface area contributed by atoms with Crippen LogP contribution in [0.3, 0.4) is 0 Å². The number of hydrogen-bond donors (Lipinski definition) is 1. The Morgan fingerprint density at radius 2 is 1.71 bits per heavy atom. The summed E-state index contributed by atoms with van der Waals surface area (Å²) in [4.78, 5) is 21.8. The molecule has 1 unspecified atom stereocenters. The Bertz CT molecular complexity index is 1350. The molecular formula is C32H38N4O2. The highest BCUT2D eigenvalue weighted by Crippen LogP contribution is 2.32. The number of phenols is 1. The van der Waals surface area contributed by atoms with Crippen LogP contribution in [0.15, 0.2) is 79.1 Å². The Morgan fingerprint density at radius 1 is 0.974 bits per heavy atom. The molecule has 5 rings (SSSR count). The molecular weight excluding hydrogens is 472 g/mol. The fourth-order valence-electron chi connectivity index (χ4n) is 5.82. The Labute approximate surface area is 225 Å². The van der Waals surface area contributed by atoms with Gasteiger partial charge in [0.15, 0.2) is 0 Å². The second-order valence-electron chi connectivity index (χ2n) is 10.2. The number of piperidine rings is 1. The van der Waals surface area contributed by atoms with Crippen molar-refractivity contribution in [2.45, 2.75) is 45.1 Å². The number of likely N-dealkylation sites (tertiary alicyclic amines) is 1. The summed E-state index contributed by atoms with van der Waals surface area (Å²) in [5.41, 5.74) is 5.28. The molecule has 0 bridgehead atoms. The van der Waals surface area contributed by atoms with E-state index in [0.29, 0.717) is 19.1 Å². The maximum Gasteiger partial charge on any atom is 0.253 e. The fourth-order valence-corrected chi connectivity index (χ4v) is 5.82. The summed E-state index contributed by atoms with van der Waals surface area (Å²) in [7, 11) is 0. The lowest BCUT2D eigenvalue weighted by Crippen LogP contribution is -2.35. The van der Waals surface area contributed by atoms with E-state index in [4.69, 9.17) is 0 Å². The van der Waals surface area contributed by atoms with Crippen molar-refractivity contribution in [2.75, 3.05) is 32.7 Å². The van der Waals surface area contributed by atoms with Crippen LogP contribution < -0.4 is 0 Å². The second-order valence-corrected chi connectivity index (χ2v) is 10.2. The molecule has 1 aliphatic rings. The first-order valence-electron chi connectivity index (χ1n) is 13.9. The number of carbonyl (C=O) groups is 1. The zero-order chi connectivity index (χ0) is 26.5. The molecule has 3 aromatic carbocycles. The number of rotatable bonds is 9. The first-order chi connectivity index (χ1) is 18.6. The van der Waals surface area contributed by atoms with E-state index in [0.717, 1.165) is 55.5 Å². The van der Waals surface area contributed by atoms with Crippen LogP contribution in [0, 0.1) is 0 Å². The van der Waals surface area contributed by atoms with Crippen LogP contribution in [0.5, 0.6) is 5.75 Å². The zero-order valence-electron chi connectivity index (χ0n) is 22.5. The van der Waals surface area contributed by atoms with Crippen LogP contribution >= 0.6 is 0 Å². The molecule has 1 fully saturated rings. The molecule has 0 saturated carbocycles. The summed E-state index contributed by atoms with van der Waals surface area (Å²) < 4.78 is 2.35. The maximum absolute atomic E-state index is 12.8. The molecule has 1 aliphatic heterocycles. The topological polar surface area (TPSA) is 61.6 Å². The van der Waals surface area contributed by atoms with Gasteiger partial charge >= 0.3 is 0 Å². The van der Waals surface area contributed by atoms with Crippen molar-refractivity contribution in [1.29, 1.82) is 0 Å². The van der Waals surface area contributed by atoms with Gasteiger partial charge in [-0.3, -0.25) is 4.79 Å². The Morgan fingerprint density at radius 3 is 2.42 bits per heavy atom. The minimum atomic E-state index is 0.0731. The zero-order valence-corrected chi connectivity index (χ0v) is 22.5. The van der Waals surface area contributed by atoms with Crippen LogP contribution in [-0.4, -0.2) is 63.1 Å². The Hall–Kier alpha value is -3.64. The van der Waals surface area contributed by atoms with E-state index in [1.807, 2.05) is 55.4 Å². The first-order valence-corrected chi connectivity index (χ1v) is 13.9. The van der Waals surface area contributed by atoms with Crippen molar-refractivity contribution in [2.24, 2.45) is 0 Å². The van der Waals surface area contributed by atoms with Gasteiger partial charge in [-0.2, -0.15) is 0 Å². The molecule has 0 radical (unpaired) electrons. The van der Waals surface area contributed by atoms with Crippen LogP contribution in [0.1, 0.15) is 66.6 Å². The number of aromatic hydroxyl groups is 1. The fraction of sp³-hybridized carbons (Fsp3) is 0.375. The lowest BCUT2D eigenvalue weighted by molar-refractivity contribution is 0.0773. The number of imidazole rings is 1. The summed E-state index contributed by atoms with van der Waals surface area (Å²) in [6.07, 6.45) is 5.17. The van der Waals surface area contributed by atoms with Gasteiger partial charge in [0, 0.05) is 43.7 Å². The molecule has 0 aliphatic carbocycles. The van der Waals surface area contributed by atoms with Gasteiger partial charge in [0.2, 0.25) is 0 Å². The van der Waals surface area contributed by atoms with Crippen molar-refractivity contribution in [3.63, 3.8) is 0 Å². The molecule has 0 spiro atoms. The smallest absolute Gasteiger partial charge is 0.253 e. The highest BCUT2D eigenvalue weighted by Gasteiger charge is 2.24. The summed E-state index contributed by atoms with van der Waals surface area (Å²) in [5.74, 6) is 0.508. The number of phenolic OH excluding ortho intramolecular Hbond substituents is 1. The lowest BCUT2D eigenvalue weighted by Gasteiger charge is -2.33. The average Bonchev–Trinajstić information content (AvgIpc) is 3.39. The standard InChI is InChI=1S/C32H38N4O2/c1-3-35(4-2)32(38)25-14-12-24(13-15-25)29(26-8-7-9-28(37)22-26)18-21-34-19-16-27(17-20-34)36-23-33-30-10-5-6-11-31(30)36/h5-15,22-23,27,29,37H,3-4,16-21H2,1-2H3. The molecule has 1 N–H and O–H groups in total. The highest BCUT2D eigenvalue weighted by atomic mass is 16.3. The molecule has 4 aromatic rings. The number of hydrogen-bond acceptors (Lipinski definition) is 4. The summed E-state index contributed by atoms with van der Waals surface area (Å²) in [5, 5.41) is 10.2. The number of fused-ring (bicyclic) bond motifs is 1. The Kier molecular flexibility index (Phi) is 8.08. The van der Waals surface area contributed by atoms with Crippen LogP contribution in [0.4, 0.5) is 0 Å². The van der Waals surface area contributed by atoms with E-state index in [1.54, 1.807) is 6.07 Å². The molecule has 2 heterocycles. The lowest BCUT2D eigenvalue weighted by atomic mass is 9.87. The summed E-state index contributed by atoms with van der Waals surface area (Å²) in [6.45, 7) is 8.52. The molecule has 1 amide bonds. The van der Waals surface area contributed by atoms with Crippen LogP contribution in [0.25, 0.3) is 11.0 Å². The molecule has 1 aromatic heterocycles. The molecule has 38 heavy (non-hydrogen) atoms. The SMILES string of the molecule is CCN(CC)C(=O)c1ccc(C(CCN2CCC(n3cnc4ccccc43)CC2)c2cccc(O)c2)cc1. The predicted molar refractivity (Wildman–Crippen MR) is 153 cm³/mol. The van der Waals surface area contributed by atoms with Gasteiger partial charge in [-0.1, -0.05) is 36.4 Å². The number of benzene rings is 3. The number of para-hydroxylation sites is 2. The number of nitrogens with zero attached hydrogens (tertiary/aromatic N) is 4. The van der Waals surface area contributed by atoms with Crippen molar-refractivity contribution in [1.82, 2.24) is 19.4 Å². The van der Waals surface area contributed by atoms with E-state index in [2.05, 4.69) is 50.8 Å². The van der Waals surface area contributed by atoms with E-state index in [1.165, 1.54) is 11.1 Å². The minimum Gasteiger partial charge on any atom is -0.508 e. The van der Waals surface area contributed by atoms with Gasteiger partial charge < -0.3 is 19.5 Å². The van der Waals surface area contributed by atoms with Gasteiger partial charge in [-0.05, 0) is 87.2 Å². The minimum absolute atomic E-state index is 0.0731. The van der Waals surface area contributed by atoms with Gasteiger partial charge in [0.05, 0.1) is 17.4 Å². The largest absolute Gasteiger partial charge is 0.508 e. The van der Waals surface area contributed by atoms with E-state index in [-0.39, 0.29) is 17.6 Å². The van der Waals surface area contributed by atoms with Gasteiger partial charge in [0.25, 0.3) is 5.91 Å². The average molecular weight is 511 g/mol. The van der Waals surface area contributed by atoms with Gasteiger partial charge in [-0.25, -0.2) is 4.98 Å².